The first-order chi connectivity index (χ1) is 14.0. The average molecular weight is 421 g/mol. The molecule has 0 aromatic heterocycles. The van der Waals surface area contributed by atoms with Crippen molar-refractivity contribution >= 4 is 17.8 Å². The van der Waals surface area contributed by atoms with Gasteiger partial charge in [-0.25, -0.2) is 4.79 Å². The SMILES string of the molecule is CC(C)[C@H](NC(=O)C12CC3CC(CC(C3)C1)C2)C(=O)OCC(=O)N(C(C)C)C(C)C. The molecule has 4 rings (SSSR count). The summed E-state index contributed by atoms with van der Waals surface area (Å²) < 4.78 is 5.38. The summed E-state index contributed by atoms with van der Waals surface area (Å²) in [5.41, 5.74) is -0.302. The van der Waals surface area contributed by atoms with Crippen LogP contribution >= 0.6 is 0 Å². The normalized spacial score (nSPS) is 30.6. The number of rotatable bonds is 8. The number of amides is 2. The number of esters is 1. The Kier molecular flexibility index (Phi) is 6.83. The van der Waals surface area contributed by atoms with Crippen LogP contribution in [-0.4, -0.2) is 47.4 Å². The lowest BCUT2D eigenvalue weighted by atomic mass is 9.49. The number of nitrogens with one attached hydrogen (secondary N) is 1. The van der Waals surface area contributed by atoms with E-state index in [9.17, 15) is 14.4 Å². The molecule has 4 aliphatic rings. The maximum absolute atomic E-state index is 13.3. The minimum Gasteiger partial charge on any atom is -0.454 e. The molecule has 4 fully saturated rings. The van der Waals surface area contributed by atoms with Crippen molar-refractivity contribution in [2.24, 2.45) is 29.1 Å². The molecule has 1 atom stereocenters. The van der Waals surface area contributed by atoms with Gasteiger partial charge in [0.1, 0.15) is 6.04 Å². The molecule has 0 saturated heterocycles. The summed E-state index contributed by atoms with van der Waals surface area (Å²) in [5.74, 6) is 1.21. The van der Waals surface area contributed by atoms with Gasteiger partial charge in [0.2, 0.25) is 5.91 Å². The topological polar surface area (TPSA) is 75.7 Å². The van der Waals surface area contributed by atoms with Crippen molar-refractivity contribution < 1.29 is 19.1 Å². The molecule has 170 valence electrons. The van der Waals surface area contributed by atoms with E-state index in [0.717, 1.165) is 19.3 Å². The van der Waals surface area contributed by atoms with Crippen molar-refractivity contribution in [2.45, 2.75) is 98.2 Å². The molecular weight excluding hydrogens is 380 g/mol. The Bertz CT molecular complexity index is 627. The van der Waals surface area contributed by atoms with E-state index in [4.69, 9.17) is 4.74 Å². The van der Waals surface area contributed by atoms with E-state index in [-0.39, 0.29) is 41.8 Å². The van der Waals surface area contributed by atoms with E-state index in [2.05, 4.69) is 5.32 Å². The number of hydrogen-bond acceptors (Lipinski definition) is 4. The van der Waals surface area contributed by atoms with Crippen LogP contribution in [0.3, 0.4) is 0 Å². The van der Waals surface area contributed by atoms with Crippen molar-refractivity contribution in [3.8, 4) is 0 Å². The maximum atomic E-state index is 13.3. The van der Waals surface area contributed by atoms with Crippen molar-refractivity contribution in [3.05, 3.63) is 0 Å². The molecule has 0 unspecified atom stereocenters. The molecule has 4 bridgehead atoms. The van der Waals surface area contributed by atoms with Gasteiger partial charge in [-0.05, 0) is 89.9 Å². The highest BCUT2D eigenvalue weighted by atomic mass is 16.5. The lowest BCUT2D eigenvalue weighted by Gasteiger charge is -2.55. The van der Waals surface area contributed by atoms with E-state index in [1.54, 1.807) is 4.90 Å². The lowest BCUT2D eigenvalue weighted by Crippen LogP contribution is -2.57. The van der Waals surface area contributed by atoms with Crippen molar-refractivity contribution in [1.29, 1.82) is 0 Å². The van der Waals surface area contributed by atoms with Gasteiger partial charge in [0.25, 0.3) is 5.91 Å². The van der Waals surface area contributed by atoms with Gasteiger partial charge in [-0.15, -0.1) is 0 Å². The first kappa shape index (κ1) is 23.1. The Labute approximate surface area is 181 Å². The largest absolute Gasteiger partial charge is 0.454 e. The number of hydrogen-bond donors (Lipinski definition) is 1. The minimum absolute atomic E-state index is 0.0227. The number of ether oxygens (including phenoxy) is 1. The van der Waals surface area contributed by atoms with Crippen LogP contribution < -0.4 is 5.32 Å². The van der Waals surface area contributed by atoms with Gasteiger partial charge in [-0.3, -0.25) is 9.59 Å². The first-order valence-corrected chi connectivity index (χ1v) is 11.8. The quantitative estimate of drug-likeness (QED) is 0.610. The molecule has 0 aromatic rings. The fourth-order valence-corrected chi connectivity index (χ4v) is 6.65. The Morgan fingerprint density at radius 1 is 0.900 bits per heavy atom. The van der Waals surface area contributed by atoms with Crippen LogP contribution in [0.1, 0.15) is 80.1 Å². The highest BCUT2D eigenvalue weighted by Gasteiger charge is 2.55. The maximum Gasteiger partial charge on any atom is 0.329 e. The zero-order chi connectivity index (χ0) is 22.2. The van der Waals surface area contributed by atoms with Gasteiger partial charge >= 0.3 is 5.97 Å². The monoisotopic (exact) mass is 420 g/mol. The van der Waals surface area contributed by atoms with Gasteiger partial charge in [-0.1, -0.05) is 13.8 Å². The molecule has 4 saturated carbocycles. The molecule has 0 aliphatic heterocycles. The second-order valence-corrected chi connectivity index (χ2v) is 11.0. The summed E-state index contributed by atoms with van der Waals surface area (Å²) in [7, 11) is 0. The Morgan fingerprint density at radius 2 is 1.37 bits per heavy atom. The van der Waals surface area contributed by atoms with Crippen LogP contribution in [0.15, 0.2) is 0 Å². The predicted octanol–water partition coefficient (Wildman–Crippen LogP) is 3.53. The standard InChI is InChI=1S/C24H40N2O4/c1-14(2)21(22(28)30-13-20(27)26(15(3)4)16(5)6)25-23(29)24-10-17-7-18(11-24)9-19(8-17)12-24/h14-19,21H,7-13H2,1-6H3,(H,25,29)/t17?,18?,19?,21-,24?/m0/s1. The highest BCUT2D eigenvalue weighted by Crippen LogP contribution is 2.60. The van der Waals surface area contributed by atoms with Crippen molar-refractivity contribution in [1.82, 2.24) is 10.2 Å². The zero-order valence-electron chi connectivity index (χ0n) is 19.6. The number of carbonyl (C=O) groups is 3. The van der Waals surface area contributed by atoms with Gasteiger partial charge in [0.05, 0.1) is 0 Å². The minimum atomic E-state index is -0.718. The van der Waals surface area contributed by atoms with Crippen LogP contribution in [0.5, 0.6) is 0 Å². The van der Waals surface area contributed by atoms with Crippen LogP contribution in [0.25, 0.3) is 0 Å². The average Bonchev–Trinajstić information content (AvgIpc) is 2.61. The molecule has 0 heterocycles. The van der Waals surface area contributed by atoms with Crippen molar-refractivity contribution in [3.63, 3.8) is 0 Å². The highest BCUT2D eigenvalue weighted by molar-refractivity contribution is 5.89. The van der Waals surface area contributed by atoms with E-state index in [0.29, 0.717) is 17.8 Å². The molecule has 0 spiro atoms. The molecule has 6 nitrogen and oxygen atoms in total. The fraction of sp³-hybridized carbons (Fsp3) is 0.875. The molecule has 30 heavy (non-hydrogen) atoms. The van der Waals surface area contributed by atoms with Crippen LogP contribution in [0.2, 0.25) is 0 Å². The second-order valence-electron chi connectivity index (χ2n) is 11.0. The Morgan fingerprint density at radius 3 is 1.77 bits per heavy atom. The van der Waals surface area contributed by atoms with Crippen molar-refractivity contribution in [2.75, 3.05) is 6.61 Å². The molecule has 1 N–H and O–H groups in total. The molecule has 4 aliphatic carbocycles. The number of carbonyl (C=O) groups excluding carboxylic acids is 3. The summed E-state index contributed by atoms with van der Waals surface area (Å²) in [6, 6.07) is -0.648. The van der Waals surface area contributed by atoms with E-state index in [1.807, 2.05) is 41.5 Å². The summed E-state index contributed by atoms with van der Waals surface area (Å²) in [4.78, 5) is 40.4. The van der Waals surface area contributed by atoms with Gasteiger partial charge in [-0.2, -0.15) is 0 Å². The van der Waals surface area contributed by atoms with Crippen LogP contribution in [0, 0.1) is 29.1 Å². The summed E-state index contributed by atoms with van der Waals surface area (Å²) >= 11 is 0. The molecule has 2 amide bonds. The number of nitrogens with zero attached hydrogens (tertiary/aromatic N) is 1. The third-order valence-corrected chi connectivity index (χ3v) is 7.47. The van der Waals surface area contributed by atoms with E-state index in [1.165, 1.54) is 19.3 Å². The third-order valence-electron chi connectivity index (χ3n) is 7.47. The molecule has 6 heteroatoms. The Hall–Kier alpha value is -1.59. The zero-order valence-corrected chi connectivity index (χ0v) is 19.6. The smallest absolute Gasteiger partial charge is 0.329 e. The van der Waals surface area contributed by atoms with Gasteiger partial charge < -0.3 is 15.0 Å². The molecule has 0 radical (unpaired) electrons. The second kappa shape index (κ2) is 8.88. The van der Waals surface area contributed by atoms with E-state index >= 15 is 0 Å². The summed E-state index contributed by atoms with van der Waals surface area (Å²) in [6.45, 7) is 11.3. The Balaban J connectivity index is 1.61. The third kappa shape index (κ3) is 4.67. The van der Waals surface area contributed by atoms with Crippen LogP contribution in [0.4, 0.5) is 0 Å². The first-order valence-electron chi connectivity index (χ1n) is 11.8. The van der Waals surface area contributed by atoms with E-state index < -0.39 is 12.0 Å². The summed E-state index contributed by atoms with van der Waals surface area (Å²) in [6.07, 6.45) is 6.69. The summed E-state index contributed by atoms with van der Waals surface area (Å²) in [5, 5.41) is 3.03. The molecular formula is C24H40N2O4. The van der Waals surface area contributed by atoms with Crippen LogP contribution in [-0.2, 0) is 19.1 Å². The lowest BCUT2D eigenvalue weighted by molar-refractivity contribution is -0.159. The van der Waals surface area contributed by atoms with Gasteiger partial charge in [0.15, 0.2) is 6.61 Å². The predicted molar refractivity (Wildman–Crippen MR) is 115 cm³/mol. The van der Waals surface area contributed by atoms with Gasteiger partial charge in [0, 0.05) is 17.5 Å². The molecule has 0 aromatic carbocycles. The fourth-order valence-electron chi connectivity index (χ4n) is 6.65.